The molecule has 0 aromatic carbocycles. The van der Waals surface area contributed by atoms with E-state index in [1.165, 1.54) is 4.31 Å². The van der Waals surface area contributed by atoms with Crippen LogP contribution in [0, 0.1) is 17.2 Å². The van der Waals surface area contributed by atoms with Crippen LogP contribution in [0.4, 0.5) is 0 Å². The molecule has 1 saturated heterocycles. The molecule has 0 aromatic rings. The highest BCUT2D eigenvalue weighted by Crippen LogP contribution is 2.21. The molecule has 1 fully saturated rings. The average Bonchev–Trinajstić information content (AvgIpc) is 2.54. The van der Waals surface area contributed by atoms with Crippen LogP contribution in [0.3, 0.4) is 0 Å². The van der Waals surface area contributed by atoms with E-state index < -0.39 is 15.8 Å². The Kier molecular flexibility index (Phi) is 3.86. The smallest absolute Gasteiger partial charge is 0.227 e. The zero-order valence-corrected chi connectivity index (χ0v) is 8.70. The minimum atomic E-state index is -3.37. The highest BCUT2D eigenvalue weighted by molar-refractivity contribution is 7.89. The van der Waals surface area contributed by atoms with Gasteiger partial charge in [-0.15, -0.1) is 0 Å². The molecule has 1 N–H and O–H groups in total. The van der Waals surface area contributed by atoms with Gasteiger partial charge in [-0.2, -0.15) is 5.26 Å². The first-order valence-electron chi connectivity index (χ1n) is 4.56. The van der Waals surface area contributed by atoms with Crippen molar-refractivity contribution in [3.8, 4) is 6.07 Å². The molecular weight excluding hydrogens is 204 g/mol. The van der Waals surface area contributed by atoms with Gasteiger partial charge in [0.25, 0.3) is 0 Å². The van der Waals surface area contributed by atoms with Gasteiger partial charge in [-0.3, -0.25) is 0 Å². The van der Waals surface area contributed by atoms with Gasteiger partial charge in [0.05, 0.1) is 6.07 Å². The van der Waals surface area contributed by atoms with Gasteiger partial charge in [-0.1, -0.05) is 0 Å². The molecule has 0 aliphatic carbocycles. The first kappa shape index (κ1) is 11.4. The molecule has 1 rings (SSSR count). The highest BCUT2D eigenvalue weighted by Gasteiger charge is 2.30. The first-order chi connectivity index (χ1) is 6.60. The summed E-state index contributed by atoms with van der Waals surface area (Å²) in [5, 5.41) is 17.0. The zero-order valence-electron chi connectivity index (χ0n) is 7.89. The molecule has 6 heteroatoms. The van der Waals surface area contributed by atoms with Crippen LogP contribution in [0.2, 0.25) is 0 Å². The SMILES string of the molecule is N#CCS(=O)(=O)N1CCC(CCO)C1. The number of aliphatic hydroxyl groups excluding tert-OH is 1. The number of hydrogen-bond donors (Lipinski definition) is 1. The summed E-state index contributed by atoms with van der Waals surface area (Å²) in [7, 11) is -3.37. The fraction of sp³-hybridized carbons (Fsp3) is 0.875. The van der Waals surface area contributed by atoms with Crippen LogP contribution in [0.15, 0.2) is 0 Å². The molecule has 1 heterocycles. The van der Waals surface area contributed by atoms with Crippen molar-refractivity contribution in [3.63, 3.8) is 0 Å². The largest absolute Gasteiger partial charge is 0.396 e. The summed E-state index contributed by atoms with van der Waals surface area (Å²) in [6, 6.07) is 1.65. The standard InChI is InChI=1S/C8H14N2O3S/c9-3-6-14(12,13)10-4-1-8(7-10)2-5-11/h8,11H,1-2,4-7H2. The first-order valence-corrected chi connectivity index (χ1v) is 6.16. The molecule has 80 valence electrons. The minimum Gasteiger partial charge on any atom is -0.396 e. The van der Waals surface area contributed by atoms with Crippen LogP contribution in [0.1, 0.15) is 12.8 Å². The van der Waals surface area contributed by atoms with E-state index in [0.717, 1.165) is 6.42 Å². The van der Waals surface area contributed by atoms with Gasteiger partial charge in [0.2, 0.25) is 10.0 Å². The number of aliphatic hydroxyl groups is 1. The lowest BCUT2D eigenvalue weighted by molar-refractivity contribution is 0.260. The number of sulfonamides is 1. The number of hydrogen-bond acceptors (Lipinski definition) is 4. The topological polar surface area (TPSA) is 81.4 Å². The van der Waals surface area contributed by atoms with Crippen molar-refractivity contribution >= 4 is 10.0 Å². The molecule has 0 saturated carbocycles. The van der Waals surface area contributed by atoms with Crippen LogP contribution in [-0.2, 0) is 10.0 Å². The molecule has 0 spiro atoms. The molecule has 5 nitrogen and oxygen atoms in total. The average molecular weight is 218 g/mol. The quantitative estimate of drug-likeness (QED) is 0.692. The van der Waals surface area contributed by atoms with Crippen molar-refractivity contribution < 1.29 is 13.5 Å². The Labute approximate surface area is 84.0 Å². The molecule has 1 aliphatic rings. The molecule has 1 aliphatic heterocycles. The van der Waals surface area contributed by atoms with Gasteiger partial charge in [-0.25, -0.2) is 12.7 Å². The maximum absolute atomic E-state index is 11.4. The summed E-state index contributed by atoms with van der Waals surface area (Å²) in [5.74, 6) is -0.202. The van der Waals surface area contributed by atoms with E-state index >= 15 is 0 Å². The Morgan fingerprint density at radius 3 is 2.86 bits per heavy atom. The Hall–Kier alpha value is -0.640. The number of rotatable bonds is 4. The third-order valence-corrected chi connectivity index (χ3v) is 4.04. The lowest BCUT2D eigenvalue weighted by Gasteiger charge is -2.13. The normalized spacial score (nSPS) is 23.6. The van der Waals surface area contributed by atoms with E-state index in [0.29, 0.717) is 19.5 Å². The van der Waals surface area contributed by atoms with Crippen LogP contribution in [0.5, 0.6) is 0 Å². The summed E-state index contributed by atoms with van der Waals surface area (Å²) in [6.07, 6.45) is 1.42. The molecular formula is C8H14N2O3S. The van der Waals surface area contributed by atoms with Gasteiger partial charge in [-0.05, 0) is 18.8 Å². The zero-order chi connectivity index (χ0) is 10.6. The molecule has 1 unspecified atom stereocenters. The van der Waals surface area contributed by atoms with Crippen molar-refractivity contribution in [2.24, 2.45) is 5.92 Å². The third kappa shape index (κ3) is 2.67. The molecule has 0 bridgehead atoms. The van der Waals surface area contributed by atoms with Crippen LogP contribution < -0.4 is 0 Å². The fourth-order valence-corrected chi connectivity index (χ4v) is 2.81. The Balaban J connectivity index is 2.54. The lowest BCUT2D eigenvalue weighted by Crippen LogP contribution is -2.30. The predicted molar refractivity (Wildman–Crippen MR) is 50.8 cm³/mol. The van der Waals surface area contributed by atoms with E-state index in [2.05, 4.69) is 0 Å². The second-order valence-electron chi connectivity index (χ2n) is 3.44. The van der Waals surface area contributed by atoms with Gasteiger partial charge in [0.15, 0.2) is 5.75 Å². The molecule has 1 atom stereocenters. The highest BCUT2D eigenvalue weighted by atomic mass is 32.2. The van der Waals surface area contributed by atoms with Crippen molar-refractivity contribution in [2.75, 3.05) is 25.4 Å². The van der Waals surface area contributed by atoms with Crippen molar-refractivity contribution in [3.05, 3.63) is 0 Å². The van der Waals surface area contributed by atoms with E-state index in [9.17, 15) is 8.42 Å². The molecule has 0 aromatic heterocycles. The Morgan fingerprint density at radius 2 is 2.29 bits per heavy atom. The predicted octanol–water partition coefficient (Wildman–Crippen LogP) is -0.456. The maximum Gasteiger partial charge on any atom is 0.227 e. The molecule has 0 radical (unpaired) electrons. The van der Waals surface area contributed by atoms with E-state index in [-0.39, 0.29) is 12.5 Å². The van der Waals surface area contributed by atoms with Crippen LogP contribution in [-0.4, -0.2) is 43.3 Å². The second kappa shape index (κ2) is 4.73. The second-order valence-corrected chi connectivity index (χ2v) is 5.41. The third-order valence-electron chi connectivity index (χ3n) is 2.43. The number of nitrogens with zero attached hydrogens (tertiary/aromatic N) is 2. The fourth-order valence-electron chi connectivity index (χ4n) is 1.64. The Bertz CT molecular complexity index is 320. The van der Waals surface area contributed by atoms with Crippen molar-refractivity contribution in [2.45, 2.75) is 12.8 Å². The van der Waals surface area contributed by atoms with Gasteiger partial charge in [0, 0.05) is 19.7 Å². The van der Waals surface area contributed by atoms with Gasteiger partial charge >= 0.3 is 0 Å². The number of nitriles is 1. The lowest BCUT2D eigenvalue weighted by atomic mass is 10.1. The summed E-state index contributed by atoms with van der Waals surface area (Å²) in [6.45, 7) is 1.02. The van der Waals surface area contributed by atoms with E-state index in [1.807, 2.05) is 0 Å². The molecule has 14 heavy (non-hydrogen) atoms. The summed E-state index contributed by atoms with van der Waals surface area (Å²) < 4.78 is 24.2. The summed E-state index contributed by atoms with van der Waals surface area (Å²) in [5.41, 5.74) is 0. The van der Waals surface area contributed by atoms with Gasteiger partial charge in [0.1, 0.15) is 0 Å². The van der Waals surface area contributed by atoms with Crippen LogP contribution in [0.25, 0.3) is 0 Å². The minimum absolute atomic E-state index is 0.0941. The van der Waals surface area contributed by atoms with E-state index in [1.54, 1.807) is 6.07 Å². The van der Waals surface area contributed by atoms with Crippen molar-refractivity contribution in [1.82, 2.24) is 4.31 Å². The van der Waals surface area contributed by atoms with Crippen LogP contribution >= 0.6 is 0 Å². The van der Waals surface area contributed by atoms with E-state index in [4.69, 9.17) is 10.4 Å². The molecule has 0 amide bonds. The maximum atomic E-state index is 11.4. The monoisotopic (exact) mass is 218 g/mol. The Morgan fingerprint density at radius 1 is 1.57 bits per heavy atom. The summed E-state index contributed by atoms with van der Waals surface area (Å²) >= 11 is 0. The van der Waals surface area contributed by atoms with Gasteiger partial charge < -0.3 is 5.11 Å². The van der Waals surface area contributed by atoms with Crippen molar-refractivity contribution in [1.29, 1.82) is 5.26 Å². The summed E-state index contributed by atoms with van der Waals surface area (Å²) in [4.78, 5) is 0.